The molecule has 4 heteroatoms. The van der Waals surface area contributed by atoms with E-state index in [4.69, 9.17) is 11.6 Å². The SMILES string of the molecule is O=C(Cc1cccnc1)c1ccc(Cl)cc1F. The predicted octanol–water partition coefficient (Wildman–Crippen LogP) is 3.30. The summed E-state index contributed by atoms with van der Waals surface area (Å²) in [5.74, 6) is -0.876. The summed E-state index contributed by atoms with van der Waals surface area (Å²) >= 11 is 5.62. The molecule has 0 aliphatic heterocycles. The van der Waals surface area contributed by atoms with Gasteiger partial charge in [0.1, 0.15) is 5.82 Å². The lowest BCUT2D eigenvalue weighted by Gasteiger charge is -2.03. The molecule has 1 aromatic heterocycles. The zero-order valence-electron chi connectivity index (χ0n) is 8.86. The first kappa shape index (κ1) is 11.7. The van der Waals surface area contributed by atoms with Gasteiger partial charge in [-0.3, -0.25) is 9.78 Å². The maximum atomic E-state index is 13.5. The van der Waals surface area contributed by atoms with Crippen molar-refractivity contribution in [1.82, 2.24) is 4.98 Å². The minimum absolute atomic E-state index is 0.0539. The van der Waals surface area contributed by atoms with Gasteiger partial charge in [-0.1, -0.05) is 17.7 Å². The average molecular weight is 250 g/mol. The van der Waals surface area contributed by atoms with Crippen molar-refractivity contribution in [2.75, 3.05) is 0 Å². The summed E-state index contributed by atoms with van der Waals surface area (Å²) in [5, 5.41) is 0.278. The number of aromatic nitrogens is 1. The minimum atomic E-state index is -0.591. The molecule has 0 N–H and O–H groups in total. The maximum Gasteiger partial charge on any atom is 0.170 e. The molecule has 2 aromatic rings. The van der Waals surface area contributed by atoms with E-state index < -0.39 is 5.82 Å². The Bertz CT molecular complexity index is 542. The highest BCUT2D eigenvalue weighted by atomic mass is 35.5. The quantitative estimate of drug-likeness (QED) is 0.782. The third kappa shape index (κ3) is 2.88. The van der Waals surface area contributed by atoms with Crippen molar-refractivity contribution in [3.8, 4) is 0 Å². The number of nitrogens with zero attached hydrogens (tertiary/aromatic N) is 1. The molecule has 0 amide bonds. The Labute approximate surface area is 103 Å². The van der Waals surface area contributed by atoms with Crippen molar-refractivity contribution in [2.24, 2.45) is 0 Å². The van der Waals surface area contributed by atoms with E-state index in [0.29, 0.717) is 0 Å². The largest absolute Gasteiger partial charge is 0.294 e. The highest BCUT2D eigenvalue weighted by Crippen LogP contribution is 2.16. The molecule has 2 rings (SSSR count). The molecule has 0 saturated heterocycles. The molecular formula is C13H9ClFNO. The van der Waals surface area contributed by atoms with Crippen LogP contribution < -0.4 is 0 Å². The Balaban J connectivity index is 2.21. The zero-order valence-corrected chi connectivity index (χ0v) is 9.62. The fourth-order valence-corrected chi connectivity index (χ4v) is 1.66. The summed E-state index contributed by atoms with van der Waals surface area (Å²) in [4.78, 5) is 15.7. The number of hydrogen-bond donors (Lipinski definition) is 0. The van der Waals surface area contributed by atoms with Gasteiger partial charge in [0.25, 0.3) is 0 Å². The van der Waals surface area contributed by atoms with Gasteiger partial charge in [-0.15, -0.1) is 0 Å². The van der Waals surface area contributed by atoms with Crippen molar-refractivity contribution < 1.29 is 9.18 Å². The van der Waals surface area contributed by atoms with Crippen molar-refractivity contribution in [1.29, 1.82) is 0 Å². The van der Waals surface area contributed by atoms with Crippen LogP contribution in [-0.4, -0.2) is 10.8 Å². The van der Waals surface area contributed by atoms with Crippen LogP contribution in [0.15, 0.2) is 42.7 Å². The lowest BCUT2D eigenvalue weighted by Crippen LogP contribution is -2.06. The molecule has 2 nitrogen and oxygen atoms in total. The first-order valence-corrected chi connectivity index (χ1v) is 5.42. The fraction of sp³-hybridized carbons (Fsp3) is 0.0769. The third-order valence-electron chi connectivity index (χ3n) is 2.32. The topological polar surface area (TPSA) is 30.0 Å². The van der Waals surface area contributed by atoms with Crippen LogP contribution in [0, 0.1) is 5.82 Å². The van der Waals surface area contributed by atoms with E-state index in [-0.39, 0.29) is 22.8 Å². The Morgan fingerprint density at radius 3 is 2.82 bits per heavy atom. The zero-order chi connectivity index (χ0) is 12.3. The fourth-order valence-electron chi connectivity index (χ4n) is 1.50. The Kier molecular flexibility index (Phi) is 3.49. The third-order valence-corrected chi connectivity index (χ3v) is 2.55. The number of pyridine rings is 1. The van der Waals surface area contributed by atoms with E-state index in [9.17, 15) is 9.18 Å². The number of ketones is 1. The van der Waals surface area contributed by atoms with E-state index in [0.717, 1.165) is 11.6 Å². The van der Waals surface area contributed by atoms with Crippen LogP contribution in [-0.2, 0) is 6.42 Å². The smallest absolute Gasteiger partial charge is 0.170 e. The number of rotatable bonds is 3. The number of benzene rings is 1. The minimum Gasteiger partial charge on any atom is -0.294 e. The summed E-state index contributed by atoms with van der Waals surface area (Å²) in [7, 11) is 0. The molecule has 0 spiro atoms. The van der Waals surface area contributed by atoms with Gasteiger partial charge in [0.2, 0.25) is 0 Å². The number of hydrogen-bond acceptors (Lipinski definition) is 2. The highest BCUT2D eigenvalue weighted by Gasteiger charge is 2.12. The van der Waals surface area contributed by atoms with Crippen LogP contribution in [0.4, 0.5) is 4.39 Å². The van der Waals surface area contributed by atoms with E-state index in [1.165, 1.54) is 12.1 Å². The summed E-state index contributed by atoms with van der Waals surface area (Å²) in [6.45, 7) is 0. The van der Waals surface area contributed by atoms with Gasteiger partial charge in [-0.2, -0.15) is 0 Å². The summed E-state index contributed by atoms with van der Waals surface area (Å²) in [6, 6.07) is 7.55. The average Bonchev–Trinajstić information content (AvgIpc) is 2.30. The first-order chi connectivity index (χ1) is 8.16. The lowest BCUT2D eigenvalue weighted by molar-refractivity contribution is 0.0989. The monoisotopic (exact) mass is 249 g/mol. The van der Waals surface area contributed by atoms with Crippen LogP contribution >= 0.6 is 11.6 Å². The molecule has 0 bridgehead atoms. The standard InChI is InChI=1S/C13H9ClFNO/c14-10-3-4-11(12(15)7-10)13(17)6-9-2-1-5-16-8-9/h1-5,7-8H,6H2. The molecule has 0 saturated carbocycles. The molecule has 0 aliphatic rings. The maximum absolute atomic E-state index is 13.5. The Morgan fingerprint density at radius 2 is 2.18 bits per heavy atom. The van der Waals surface area contributed by atoms with Crippen molar-refractivity contribution in [3.05, 3.63) is 64.7 Å². The molecule has 0 aliphatic carbocycles. The van der Waals surface area contributed by atoms with Gasteiger partial charge in [-0.05, 0) is 29.8 Å². The second-order valence-electron chi connectivity index (χ2n) is 3.59. The second kappa shape index (κ2) is 5.06. The summed E-state index contributed by atoms with van der Waals surface area (Å²) < 4.78 is 13.5. The van der Waals surface area contributed by atoms with Crippen LogP contribution in [0.1, 0.15) is 15.9 Å². The Hall–Kier alpha value is -1.74. The van der Waals surface area contributed by atoms with Crippen LogP contribution in [0.3, 0.4) is 0 Å². The highest BCUT2D eigenvalue weighted by molar-refractivity contribution is 6.30. The summed E-state index contributed by atoms with van der Waals surface area (Å²) in [6.07, 6.45) is 3.34. The van der Waals surface area contributed by atoms with Gasteiger partial charge in [-0.25, -0.2) is 4.39 Å². The van der Waals surface area contributed by atoms with E-state index in [2.05, 4.69) is 4.98 Å². The van der Waals surface area contributed by atoms with E-state index in [1.807, 2.05) is 0 Å². The second-order valence-corrected chi connectivity index (χ2v) is 4.02. The van der Waals surface area contributed by atoms with Gasteiger partial charge >= 0.3 is 0 Å². The molecule has 0 fully saturated rings. The number of carbonyl (C=O) groups excluding carboxylic acids is 1. The van der Waals surface area contributed by atoms with Crippen LogP contribution in [0.5, 0.6) is 0 Å². The number of halogens is 2. The molecule has 0 radical (unpaired) electrons. The lowest BCUT2D eigenvalue weighted by atomic mass is 10.0. The van der Waals surface area contributed by atoms with Crippen molar-refractivity contribution >= 4 is 17.4 Å². The van der Waals surface area contributed by atoms with Gasteiger partial charge < -0.3 is 0 Å². The molecule has 1 aromatic carbocycles. The Morgan fingerprint density at radius 1 is 1.35 bits per heavy atom. The molecule has 17 heavy (non-hydrogen) atoms. The number of Topliss-reactive ketones (excluding diaryl/α,β-unsaturated/α-hetero) is 1. The summed E-state index contributed by atoms with van der Waals surface area (Å²) in [5.41, 5.74) is 0.810. The first-order valence-electron chi connectivity index (χ1n) is 5.04. The van der Waals surface area contributed by atoms with E-state index in [1.54, 1.807) is 24.5 Å². The molecule has 0 unspecified atom stereocenters. The van der Waals surface area contributed by atoms with Crippen molar-refractivity contribution in [3.63, 3.8) is 0 Å². The number of carbonyl (C=O) groups is 1. The normalized spacial score (nSPS) is 10.2. The predicted molar refractivity (Wildman–Crippen MR) is 63.7 cm³/mol. The van der Waals surface area contributed by atoms with Crippen LogP contribution in [0.25, 0.3) is 0 Å². The van der Waals surface area contributed by atoms with Gasteiger partial charge in [0.15, 0.2) is 5.78 Å². The van der Waals surface area contributed by atoms with Crippen molar-refractivity contribution in [2.45, 2.75) is 6.42 Å². The van der Waals surface area contributed by atoms with Gasteiger partial charge in [0, 0.05) is 23.8 Å². The van der Waals surface area contributed by atoms with E-state index >= 15 is 0 Å². The molecular weight excluding hydrogens is 241 g/mol. The molecule has 0 atom stereocenters. The molecule has 1 heterocycles. The van der Waals surface area contributed by atoms with Crippen LogP contribution in [0.2, 0.25) is 5.02 Å². The van der Waals surface area contributed by atoms with Gasteiger partial charge in [0.05, 0.1) is 5.56 Å². The molecule has 86 valence electrons.